The van der Waals surface area contributed by atoms with E-state index in [1.807, 2.05) is 20.0 Å². The first-order chi connectivity index (χ1) is 6.58. The molecular weight excluding hydrogens is 179 g/mol. The zero-order valence-electron chi connectivity index (χ0n) is 8.10. The van der Waals surface area contributed by atoms with E-state index < -0.39 is 7.12 Å². The molecule has 0 aliphatic carbocycles. The molecule has 2 aromatic heterocycles. The van der Waals surface area contributed by atoms with Crippen LogP contribution in [0.3, 0.4) is 0 Å². The number of aromatic nitrogens is 2. The maximum atomic E-state index is 9.04. The Labute approximate surface area is 82.0 Å². The number of imidazole rings is 1. The van der Waals surface area contributed by atoms with E-state index in [4.69, 9.17) is 10.0 Å². The van der Waals surface area contributed by atoms with Crippen molar-refractivity contribution in [2.75, 3.05) is 0 Å². The maximum absolute atomic E-state index is 9.04. The molecule has 72 valence electrons. The summed E-state index contributed by atoms with van der Waals surface area (Å²) in [7, 11) is -1.43. The SMILES string of the molecule is Cc1cn2cc(B(O)O)cc(C)c2n1. The van der Waals surface area contributed by atoms with Gasteiger partial charge in [-0.05, 0) is 24.9 Å². The summed E-state index contributed by atoms with van der Waals surface area (Å²) in [6, 6.07) is 1.73. The lowest BCUT2D eigenvalue weighted by Crippen LogP contribution is -2.30. The van der Waals surface area contributed by atoms with Gasteiger partial charge in [0.1, 0.15) is 5.65 Å². The normalized spacial score (nSPS) is 10.9. The topological polar surface area (TPSA) is 57.8 Å². The van der Waals surface area contributed by atoms with Gasteiger partial charge in [0.15, 0.2) is 0 Å². The van der Waals surface area contributed by atoms with Crippen LogP contribution in [0, 0.1) is 13.8 Å². The molecule has 0 aliphatic rings. The molecule has 4 nitrogen and oxygen atoms in total. The summed E-state index contributed by atoms with van der Waals surface area (Å²) in [6.07, 6.45) is 3.53. The fourth-order valence-electron chi connectivity index (χ4n) is 1.56. The minimum atomic E-state index is -1.43. The summed E-state index contributed by atoms with van der Waals surface area (Å²) in [4.78, 5) is 4.31. The molecule has 2 rings (SSSR count). The van der Waals surface area contributed by atoms with Gasteiger partial charge in [0.25, 0.3) is 0 Å². The predicted octanol–water partition coefficient (Wildman–Crippen LogP) is -0.369. The van der Waals surface area contributed by atoms with E-state index in [0.29, 0.717) is 5.46 Å². The van der Waals surface area contributed by atoms with E-state index in [0.717, 1.165) is 16.9 Å². The van der Waals surface area contributed by atoms with Crippen LogP contribution in [0.2, 0.25) is 0 Å². The molecule has 0 unspecified atom stereocenters. The molecule has 0 bridgehead atoms. The molecule has 2 aromatic rings. The fraction of sp³-hybridized carbons (Fsp3) is 0.222. The van der Waals surface area contributed by atoms with Crippen LogP contribution in [0.4, 0.5) is 0 Å². The van der Waals surface area contributed by atoms with Gasteiger partial charge in [-0.15, -0.1) is 0 Å². The molecule has 0 amide bonds. The minimum absolute atomic E-state index is 0.479. The molecule has 0 fully saturated rings. The predicted molar refractivity (Wildman–Crippen MR) is 54.5 cm³/mol. The van der Waals surface area contributed by atoms with Gasteiger partial charge in [0.2, 0.25) is 0 Å². The highest BCUT2D eigenvalue weighted by Crippen LogP contribution is 2.08. The fourth-order valence-corrected chi connectivity index (χ4v) is 1.56. The molecule has 0 saturated heterocycles. The van der Waals surface area contributed by atoms with Gasteiger partial charge >= 0.3 is 7.12 Å². The van der Waals surface area contributed by atoms with Crippen molar-refractivity contribution < 1.29 is 10.0 Å². The lowest BCUT2D eigenvalue weighted by atomic mass is 9.81. The molecule has 0 aliphatic heterocycles. The van der Waals surface area contributed by atoms with Crippen molar-refractivity contribution in [3.63, 3.8) is 0 Å². The first-order valence-corrected chi connectivity index (χ1v) is 4.40. The van der Waals surface area contributed by atoms with Crippen LogP contribution in [0.15, 0.2) is 18.5 Å². The first kappa shape index (κ1) is 9.24. The smallest absolute Gasteiger partial charge is 0.423 e. The zero-order valence-corrected chi connectivity index (χ0v) is 8.10. The molecule has 0 aromatic carbocycles. The van der Waals surface area contributed by atoms with E-state index in [1.54, 1.807) is 16.7 Å². The van der Waals surface area contributed by atoms with Crippen LogP contribution in [0.25, 0.3) is 5.65 Å². The Morgan fingerprint density at radius 3 is 2.64 bits per heavy atom. The minimum Gasteiger partial charge on any atom is -0.423 e. The van der Waals surface area contributed by atoms with E-state index in [1.165, 1.54) is 0 Å². The van der Waals surface area contributed by atoms with Crippen LogP contribution in [0.1, 0.15) is 11.3 Å². The van der Waals surface area contributed by atoms with Gasteiger partial charge in [0.05, 0.1) is 5.69 Å². The second-order valence-electron chi connectivity index (χ2n) is 3.44. The van der Waals surface area contributed by atoms with Crippen LogP contribution in [-0.2, 0) is 0 Å². The van der Waals surface area contributed by atoms with E-state index in [9.17, 15) is 0 Å². The molecule has 5 heteroatoms. The zero-order chi connectivity index (χ0) is 10.3. The highest BCUT2D eigenvalue weighted by Gasteiger charge is 2.13. The van der Waals surface area contributed by atoms with Gasteiger partial charge in [-0.2, -0.15) is 0 Å². The summed E-state index contributed by atoms with van der Waals surface area (Å²) in [5.41, 5.74) is 3.18. The summed E-state index contributed by atoms with van der Waals surface area (Å²) in [5.74, 6) is 0. The largest absolute Gasteiger partial charge is 0.489 e. The third-order valence-corrected chi connectivity index (χ3v) is 2.17. The summed E-state index contributed by atoms with van der Waals surface area (Å²) >= 11 is 0. The molecule has 2 heterocycles. The molecule has 0 radical (unpaired) electrons. The number of rotatable bonds is 1. The third-order valence-electron chi connectivity index (χ3n) is 2.17. The first-order valence-electron chi connectivity index (χ1n) is 4.40. The quantitative estimate of drug-likeness (QED) is 0.603. The summed E-state index contributed by atoms with van der Waals surface area (Å²) in [6.45, 7) is 3.80. The maximum Gasteiger partial charge on any atom is 0.489 e. The van der Waals surface area contributed by atoms with Crippen LogP contribution in [-0.4, -0.2) is 26.6 Å². The van der Waals surface area contributed by atoms with Crippen LogP contribution >= 0.6 is 0 Å². The van der Waals surface area contributed by atoms with Crippen molar-refractivity contribution in [3.8, 4) is 0 Å². The summed E-state index contributed by atoms with van der Waals surface area (Å²) < 4.78 is 1.80. The average Bonchev–Trinajstić information content (AvgIpc) is 2.45. The standard InChI is InChI=1S/C9H11BN2O2/c1-6-3-8(10(13)14)5-12-4-7(2)11-9(6)12/h3-5,13-14H,1-2H3. The lowest BCUT2D eigenvalue weighted by molar-refractivity contribution is 0.425. The Balaban J connectivity index is 2.71. The second-order valence-corrected chi connectivity index (χ2v) is 3.44. The van der Waals surface area contributed by atoms with Crippen molar-refractivity contribution in [1.82, 2.24) is 9.38 Å². The van der Waals surface area contributed by atoms with Gasteiger partial charge in [-0.3, -0.25) is 0 Å². The molecule has 0 atom stereocenters. The molecule has 0 spiro atoms. The van der Waals surface area contributed by atoms with Crippen molar-refractivity contribution in [2.24, 2.45) is 0 Å². The van der Waals surface area contributed by atoms with E-state index >= 15 is 0 Å². The number of hydrogen-bond donors (Lipinski definition) is 2. The number of aryl methyl sites for hydroxylation is 2. The number of pyridine rings is 1. The van der Waals surface area contributed by atoms with Crippen LogP contribution in [0.5, 0.6) is 0 Å². The molecule has 2 N–H and O–H groups in total. The van der Waals surface area contributed by atoms with Crippen molar-refractivity contribution in [2.45, 2.75) is 13.8 Å². The van der Waals surface area contributed by atoms with Gasteiger partial charge in [-0.1, -0.05) is 6.07 Å². The number of nitrogens with zero attached hydrogens (tertiary/aromatic N) is 2. The molecule has 14 heavy (non-hydrogen) atoms. The Morgan fingerprint density at radius 2 is 2.00 bits per heavy atom. The monoisotopic (exact) mass is 190 g/mol. The van der Waals surface area contributed by atoms with Gasteiger partial charge in [0, 0.05) is 12.4 Å². The Bertz CT molecular complexity index is 479. The Hall–Kier alpha value is -1.33. The third kappa shape index (κ3) is 1.40. The molecular formula is C9H11BN2O2. The Kier molecular flexibility index (Phi) is 2.05. The van der Waals surface area contributed by atoms with Crippen molar-refractivity contribution in [3.05, 3.63) is 29.7 Å². The van der Waals surface area contributed by atoms with Crippen molar-refractivity contribution in [1.29, 1.82) is 0 Å². The van der Waals surface area contributed by atoms with Gasteiger partial charge in [-0.25, -0.2) is 4.98 Å². The highest BCUT2D eigenvalue weighted by molar-refractivity contribution is 6.58. The Morgan fingerprint density at radius 1 is 1.29 bits per heavy atom. The highest BCUT2D eigenvalue weighted by atomic mass is 16.4. The average molecular weight is 190 g/mol. The second kappa shape index (κ2) is 3.11. The van der Waals surface area contributed by atoms with Crippen molar-refractivity contribution >= 4 is 18.2 Å². The summed E-state index contributed by atoms with van der Waals surface area (Å²) in [5, 5.41) is 18.1. The molecule has 0 saturated carbocycles. The van der Waals surface area contributed by atoms with E-state index in [-0.39, 0.29) is 0 Å². The van der Waals surface area contributed by atoms with E-state index in [2.05, 4.69) is 4.98 Å². The van der Waals surface area contributed by atoms with Crippen LogP contribution < -0.4 is 5.46 Å². The van der Waals surface area contributed by atoms with Gasteiger partial charge < -0.3 is 14.4 Å². The lowest BCUT2D eigenvalue weighted by Gasteiger charge is -2.03. The number of hydrogen-bond acceptors (Lipinski definition) is 3. The number of fused-ring (bicyclic) bond motifs is 1.